The van der Waals surface area contributed by atoms with Crippen LogP contribution >= 0.6 is 0 Å². The highest BCUT2D eigenvalue weighted by Crippen LogP contribution is 2.32. The Balaban J connectivity index is 0.000000480. The molecule has 0 atom stereocenters. The number of nitrogens with zero attached hydrogens (tertiary/aromatic N) is 3. The third-order valence-electron chi connectivity index (χ3n) is 4.03. The zero-order valence-corrected chi connectivity index (χ0v) is 17.3. The maximum Gasteiger partial charge on any atom is 0.183 e. The normalized spacial score (nSPS) is 10.5. The van der Waals surface area contributed by atoms with Gasteiger partial charge in [0, 0.05) is 33.5 Å². The third-order valence-corrected chi connectivity index (χ3v) is 4.03. The third kappa shape index (κ3) is 6.98. The lowest BCUT2D eigenvalue weighted by molar-refractivity contribution is -0.110. The minimum Gasteiger partial charge on any atom is -0.504 e. The number of rotatable bonds is 8. The largest absolute Gasteiger partial charge is 0.504 e. The lowest BCUT2D eigenvalue weighted by Gasteiger charge is -2.05. The highest BCUT2D eigenvalue weighted by Gasteiger charge is 2.19. The van der Waals surface area contributed by atoms with E-state index < -0.39 is 0 Å². The summed E-state index contributed by atoms with van der Waals surface area (Å²) in [6.45, 7) is 5.05. The number of aryl methyl sites for hydroxylation is 2. The van der Waals surface area contributed by atoms with Crippen LogP contribution in [0.25, 0.3) is 11.3 Å². The summed E-state index contributed by atoms with van der Waals surface area (Å²) in [6.07, 6.45) is 5.95. The minimum atomic E-state index is -0.231. The first kappa shape index (κ1) is 23.1. The zero-order valence-electron chi connectivity index (χ0n) is 17.3. The average Bonchev–Trinajstić information content (AvgIpc) is 2.96. The van der Waals surface area contributed by atoms with Gasteiger partial charge in [0.25, 0.3) is 0 Å². The van der Waals surface area contributed by atoms with E-state index in [1.54, 1.807) is 18.8 Å². The molecular formula is C21H30N4O3. The second-order valence-electron chi connectivity index (χ2n) is 6.47. The van der Waals surface area contributed by atoms with Gasteiger partial charge in [0.2, 0.25) is 0 Å². The fourth-order valence-corrected chi connectivity index (χ4v) is 2.64. The second kappa shape index (κ2) is 11.7. The summed E-state index contributed by atoms with van der Waals surface area (Å²) in [7, 11) is 3.37. The molecule has 2 rings (SSSR count). The number of hydrogen-bond donors (Lipinski definition) is 2. The molecule has 0 amide bonds. The maximum absolute atomic E-state index is 11.4. The number of aromatic nitrogens is 2. The van der Waals surface area contributed by atoms with Crippen molar-refractivity contribution in [2.45, 2.75) is 46.5 Å². The number of aromatic hydroxyl groups is 1. The van der Waals surface area contributed by atoms with Crippen LogP contribution < -0.4 is 5.43 Å². The smallest absolute Gasteiger partial charge is 0.183 e. The number of hydrogen-bond acceptors (Lipinski definition) is 6. The van der Waals surface area contributed by atoms with Crippen molar-refractivity contribution >= 4 is 17.8 Å². The summed E-state index contributed by atoms with van der Waals surface area (Å²) in [5, 5.41) is 17.7. The lowest BCUT2D eigenvalue weighted by Crippen LogP contribution is -1.98. The molecule has 0 saturated heterocycles. The zero-order chi connectivity index (χ0) is 21.1. The summed E-state index contributed by atoms with van der Waals surface area (Å²) in [6, 6.07) is 8.10. The lowest BCUT2D eigenvalue weighted by atomic mass is 10.0. The Labute approximate surface area is 166 Å². The van der Waals surface area contributed by atoms with E-state index in [9.17, 15) is 14.7 Å². The van der Waals surface area contributed by atoms with Gasteiger partial charge in [-0.2, -0.15) is 10.2 Å². The van der Waals surface area contributed by atoms with Crippen molar-refractivity contribution in [1.29, 1.82) is 0 Å². The molecule has 7 nitrogen and oxygen atoms in total. The van der Waals surface area contributed by atoms with E-state index >= 15 is 0 Å². The predicted molar refractivity (Wildman–Crippen MR) is 112 cm³/mol. The molecule has 0 spiro atoms. The molecule has 152 valence electrons. The van der Waals surface area contributed by atoms with E-state index in [1.807, 2.05) is 12.1 Å². The maximum atomic E-state index is 11.4. The van der Waals surface area contributed by atoms with Gasteiger partial charge in [-0.05, 0) is 18.4 Å². The van der Waals surface area contributed by atoms with Crippen LogP contribution in [0.1, 0.15) is 56.1 Å². The van der Waals surface area contributed by atoms with Gasteiger partial charge in [-0.3, -0.25) is 14.3 Å². The Hall–Kier alpha value is -2.96. The van der Waals surface area contributed by atoms with Crippen molar-refractivity contribution < 1.29 is 14.7 Å². The highest BCUT2D eigenvalue weighted by molar-refractivity contribution is 6.26. The fourth-order valence-electron chi connectivity index (χ4n) is 2.64. The Bertz CT molecular complexity index is 808. The molecule has 2 N–H and O–H groups in total. The van der Waals surface area contributed by atoms with Crippen molar-refractivity contribution in [1.82, 2.24) is 15.2 Å². The van der Waals surface area contributed by atoms with Crippen LogP contribution in [0.4, 0.5) is 0 Å². The molecule has 1 heterocycles. The van der Waals surface area contributed by atoms with Crippen LogP contribution in [-0.2, 0) is 18.3 Å². The summed E-state index contributed by atoms with van der Waals surface area (Å²) in [4.78, 5) is 21.4. The predicted octanol–water partition coefficient (Wildman–Crippen LogP) is 3.51. The number of carbonyl (C=O) groups is 2. The van der Waals surface area contributed by atoms with Crippen LogP contribution in [0.5, 0.6) is 5.75 Å². The van der Waals surface area contributed by atoms with Crippen LogP contribution in [0.2, 0.25) is 0 Å². The SMILES string of the molecule is CCCCCc1ccc(-c2c(O)c(C(C)=O)nn2C)cc1.CNN=CC(C)=O. The van der Waals surface area contributed by atoms with Crippen molar-refractivity contribution in [3.63, 3.8) is 0 Å². The Morgan fingerprint density at radius 1 is 1.21 bits per heavy atom. The van der Waals surface area contributed by atoms with Gasteiger partial charge in [0.05, 0.1) is 6.21 Å². The average molecular weight is 386 g/mol. The molecule has 7 heteroatoms. The summed E-state index contributed by atoms with van der Waals surface area (Å²) < 4.78 is 1.55. The number of ketones is 2. The number of Topliss-reactive ketones (excluding diaryl/α,β-unsaturated/α-hetero) is 2. The van der Waals surface area contributed by atoms with Crippen LogP contribution in [0.15, 0.2) is 29.4 Å². The quantitative estimate of drug-likeness (QED) is 0.313. The van der Waals surface area contributed by atoms with Gasteiger partial charge < -0.3 is 10.5 Å². The summed E-state index contributed by atoms with van der Waals surface area (Å²) >= 11 is 0. The Kier molecular flexibility index (Phi) is 9.64. The molecule has 0 aliphatic heterocycles. The monoisotopic (exact) mass is 386 g/mol. The van der Waals surface area contributed by atoms with E-state index in [4.69, 9.17) is 0 Å². The number of nitrogens with one attached hydrogen (secondary N) is 1. The van der Waals surface area contributed by atoms with Gasteiger partial charge in [0.15, 0.2) is 23.0 Å². The van der Waals surface area contributed by atoms with E-state index in [0.717, 1.165) is 12.0 Å². The minimum absolute atomic E-state index is 0.0382. The summed E-state index contributed by atoms with van der Waals surface area (Å²) in [5.74, 6) is -0.316. The highest BCUT2D eigenvalue weighted by atomic mass is 16.3. The molecule has 0 bridgehead atoms. The van der Waals surface area contributed by atoms with E-state index in [0.29, 0.717) is 5.69 Å². The number of carbonyl (C=O) groups excluding carboxylic acids is 2. The number of hydrazone groups is 1. The van der Waals surface area contributed by atoms with Crippen molar-refractivity contribution in [2.75, 3.05) is 7.05 Å². The molecular weight excluding hydrogens is 356 g/mol. The Morgan fingerprint density at radius 3 is 2.29 bits per heavy atom. The molecule has 1 aromatic carbocycles. The standard InChI is InChI=1S/C17H22N2O2.C4H8N2O/c1-4-5-6-7-13-8-10-14(11-9-13)16-17(21)15(12(2)20)18-19(16)3;1-4(7)3-6-5-2/h8-11,21H,4-7H2,1-3H3;3,5H,1-2H3. The second-order valence-corrected chi connectivity index (χ2v) is 6.47. The molecule has 0 aliphatic rings. The van der Waals surface area contributed by atoms with E-state index in [-0.39, 0.29) is 23.0 Å². The first-order valence-electron chi connectivity index (χ1n) is 9.38. The van der Waals surface area contributed by atoms with Crippen LogP contribution in [0.3, 0.4) is 0 Å². The molecule has 0 saturated carbocycles. The van der Waals surface area contributed by atoms with Crippen molar-refractivity contribution in [3.05, 3.63) is 35.5 Å². The first-order valence-corrected chi connectivity index (χ1v) is 9.38. The van der Waals surface area contributed by atoms with Crippen molar-refractivity contribution in [3.8, 4) is 17.0 Å². The van der Waals surface area contributed by atoms with Gasteiger partial charge in [-0.15, -0.1) is 0 Å². The molecule has 0 unspecified atom stereocenters. The molecule has 0 aliphatic carbocycles. The molecule has 0 radical (unpaired) electrons. The fraction of sp³-hybridized carbons (Fsp3) is 0.429. The van der Waals surface area contributed by atoms with Crippen LogP contribution in [-0.4, -0.2) is 39.7 Å². The molecule has 0 fully saturated rings. The van der Waals surface area contributed by atoms with Gasteiger partial charge in [0.1, 0.15) is 5.69 Å². The Morgan fingerprint density at radius 2 is 1.86 bits per heavy atom. The number of benzene rings is 1. The van der Waals surface area contributed by atoms with Crippen LogP contribution in [0, 0.1) is 0 Å². The van der Waals surface area contributed by atoms with Gasteiger partial charge in [-0.25, -0.2) is 0 Å². The van der Waals surface area contributed by atoms with Gasteiger partial charge >= 0.3 is 0 Å². The molecule has 1 aromatic heterocycles. The van der Waals surface area contributed by atoms with Gasteiger partial charge in [-0.1, -0.05) is 44.0 Å². The molecule has 28 heavy (non-hydrogen) atoms. The van der Waals surface area contributed by atoms with E-state index in [2.05, 4.69) is 34.7 Å². The van der Waals surface area contributed by atoms with E-state index in [1.165, 1.54) is 44.9 Å². The number of unbranched alkanes of at least 4 members (excludes halogenated alkanes) is 2. The summed E-state index contributed by atoms with van der Waals surface area (Å²) in [5.41, 5.74) is 5.32. The van der Waals surface area contributed by atoms with Crippen molar-refractivity contribution in [2.24, 2.45) is 12.1 Å². The topological polar surface area (TPSA) is 96.6 Å². The molecule has 2 aromatic rings. The first-order chi connectivity index (χ1) is 13.3.